The van der Waals surface area contributed by atoms with Gasteiger partial charge in [0.2, 0.25) is 0 Å². The van der Waals surface area contributed by atoms with Gasteiger partial charge >= 0.3 is 6.09 Å². The van der Waals surface area contributed by atoms with Crippen molar-refractivity contribution in [1.82, 2.24) is 14.9 Å². The molecule has 8 nitrogen and oxygen atoms in total. The highest BCUT2D eigenvalue weighted by atomic mass is 16.6. The van der Waals surface area contributed by atoms with Gasteiger partial charge in [0.05, 0.1) is 28.9 Å². The summed E-state index contributed by atoms with van der Waals surface area (Å²) < 4.78 is 11.7. The Morgan fingerprint density at radius 2 is 1.97 bits per heavy atom. The third-order valence-electron chi connectivity index (χ3n) is 6.39. The quantitative estimate of drug-likeness (QED) is 0.507. The maximum absolute atomic E-state index is 12.6. The van der Waals surface area contributed by atoms with Crippen LogP contribution in [0.25, 0.3) is 5.70 Å². The van der Waals surface area contributed by atoms with Crippen LogP contribution in [-0.4, -0.2) is 53.8 Å². The molecule has 2 aliphatic rings. The molecule has 32 heavy (non-hydrogen) atoms. The molecule has 178 valence electrons. The minimum atomic E-state index is -0.342. The van der Waals surface area contributed by atoms with E-state index in [1.165, 1.54) is 24.3 Å². The van der Waals surface area contributed by atoms with E-state index in [0.717, 1.165) is 37.1 Å². The van der Waals surface area contributed by atoms with Gasteiger partial charge in [-0.25, -0.2) is 15.6 Å². The van der Waals surface area contributed by atoms with Crippen molar-refractivity contribution >= 4 is 11.8 Å². The molecule has 0 spiro atoms. The zero-order valence-electron chi connectivity index (χ0n) is 20.0. The largest absolute Gasteiger partial charge is 0.489 e. The number of ether oxygens (including phenoxy) is 2. The van der Waals surface area contributed by atoms with Crippen LogP contribution in [0.3, 0.4) is 0 Å². The average molecular weight is 446 g/mol. The topological polar surface area (TPSA) is 107 Å². The number of carbonyl (C=O) groups is 1. The lowest BCUT2D eigenvalue weighted by Crippen LogP contribution is -2.44. The molecule has 1 amide bonds. The summed E-state index contributed by atoms with van der Waals surface area (Å²) in [6.45, 7) is 7.62. The predicted octanol–water partition coefficient (Wildman–Crippen LogP) is 3.79. The third kappa shape index (κ3) is 6.28. The van der Waals surface area contributed by atoms with Crippen LogP contribution < -0.4 is 16.3 Å². The van der Waals surface area contributed by atoms with E-state index in [1.54, 1.807) is 11.9 Å². The summed E-state index contributed by atoms with van der Waals surface area (Å²) in [4.78, 5) is 19.0. The van der Waals surface area contributed by atoms with Crippen molar-refractivity contribution in [2.75, 3.05) is 26.7 Å². The van der Waals surface area contributed by atoms with Crippen LogP contribution in [0.5, 0.6) is 5.75 Å². The summed E-state index contributed by atoms with van der Waals surface area (Å²) in [5.74, 6) is 6.80. The first-order valence-electron chi connectivity index (χ1n) is 11.7. The van der Waals surface area contributed by atoms with E-state index in [9.17, 15) is 4.79 Å². The van der Waals surface area contributed by atoms with Crippen LogP contribution in [0, 0.1) is 12.3 Å². The smallest absolute Gasteiger partial charge is 0.410 e. The first-order chi connectivity index (χ1) is 15.2. The van der Waals surface area contributed by atoms with E-state index in [2.05, 4.69) is 18.8 Å². The lowest BCUT2D eigenvalue weighted by Gasteiger charge is -2.37. The van der Waals surface area contributed by atoms with E-state index in [0.29, 0.717) is 30.2 Å². The SMILES string of the molecule is Cc1nc(/C(N)=C(\COC(=O)N2CCCC(C)(C)C2)N(C)N)ccc1OC1CCCCC1. The van der Waals surface area contributed by atoms with Crippen molar-refractivity contribution in [3.05, 3.63) is 29.2 Å². The highest BCUT2D eigenvalue weighted by molar-refractivity contribution is 5.69. The van der Waals surface area contributed by atoms with Gasteiger partial charge in [-0.2, -0.15) is 0 Å². The van der Waals surface area contributed by atoms with Crippen molar-refractivity contribution in [3.63, 3.8) is 0 Å². The maximum Gasteiger partial charge on any atom is 0.410 e. The molecule has 1 aromatic rings. The van der Waals surface area contributed by atoms with Crippen molar-refractivity contribution in [2.45, 2.75) is 71.8 Å². The van der Waals surface area contributed by atoms with Gasteiger partial charge in [0.1, 0.15) is 12.4 Å². The highest BCUT2D eigenvalue weighted by Crippen LogP contribution is 2.29. The molecule has 1 saturated carbocycles. The van der Waals surface area contributed by atoms with Crippen LogP contribution in [0.2, 0.25) is 0 Å². The van der Waals surface area contributed by atoms with Crippen molar-refractivity contribution in [2.24, 2.45) is 17.0 Å². The Balaban J connectivity index is 1.68. The molecule has 0 unspecified atom stereocenters. The summed E-state index contributed by atoms with van der Waals surface area (Å²) in [7, 11) is 1.67. The molecular formula is C24H39N5O3. The van der Waals surface area contributed by atoms with Gasteiger partial charge in [0.25, 0.3) is 0 Å². The predicted molar refractivity (Wildman–Crippen MR) is 125 cm³/mol. The molecule has 1 saturated heterocycles. The number of carbonyl (C=O) groups excluding carboxylic acids is 1. The van der Waals surface area contributed by atoms with E-state index < -0.39 is 0 Å². The van der Waals surface area contributed by atoms with Crippen LogP contribution in [0.15, 0.2) is 17.8 Å². The Hall–Kier alpha value is -2.48. The minimum absolute atomic E-state index is 0.0182. The van der Waals surface area contributed by atoms with Gasteiger partial charge in [0.15, 0.2) is 0 Å². The van der Waals surface area contributed by atoms with E-state index in [1.807, 2.05) is 19.1 Å². The van der Waals surface area contributed by atoms with Gasteiger partial charge in [0, 0.05) is 20.1 Å². The van der Waals surface area contributed by atoms with E-state index in [4.69, 9.17) is 21.1 Å². The Morgan fingerprint density at radius 1 is 1.25 bits per heavy atom. The molecule has 8 heteroatoms. The monoisotopic (exact) mass is 445 g/mol. The maximum atomic E-state index is 12.6. The minimum Gasteiger partial charge on any atom is -0.489 e. The first kappa shape index (κ1) is 24.2. The molecule has 4 N–H and O–H groups in total. The second-order valence-electron chi connectivity index (χ2n) is 9.87. The fraction of sp³-hybridized carbons (Fsp3) is 0.667. The van der Waals surface area contributed by atoms with Crippen LogP contribution in [-0.2, 0) is 4.74 Å². The van der Waals surface area contributed by atoms with Crippen molar-refractivity contribution in [1.29, 1.82) is 0 Å². The summed E-state index contributed by atoms with van der Waals surface area (Å²) in [5, 5.41) is 1.38. The van der Waals surface area contributed by atoms with Gasteiger partial charge < -0.3 is 25.1 Å². The molecular weight excluding hydrogens is 406 g/mol. The Bertz CT molecular complexity index is 831. The zero-order chi connectivity index (χ0) is 23.3. The molecule has 2 heterocycles. The fourth-order valence-electron chi connectivity index (χ4n) is 4.50. The van der Waals surface area contributed by atoms with Crippen LogP contribution >= 0.6 is 0 Å². The van der Waals surface area contributed by atoms with Gasteiger partial charge in [-0.15, -0.1) is 0 Å². The average Bonchev–Trinajstić information content (AvgIpc) is 2.74. The molecule has 3 rings (SSSR count). The summed E-state index contributed by atoms with van der Waals surface area (Å²) >= 11 is 0. The Morgan fingerprint density at radius 3 is 2.59 bits per heavy atom. The number of likely N-dealkylation sites (tertiary alicyclic amines) is 1. The summed E-state index contributed by atoms with van der Waals surface area (Å²) in [6, 6.07) is 3.74. The van der Waals surface area contributed by atoms with Gasteiger partial charge in [-0.3, -0.25) is 0 Å². The Kier molecular flexibility index (Phi) is 7.87. The molecule has 0 aromatic carbocycles. The summed E-state index contributed by atoms with van der Waals surface area (Å²) in [6.07, 6.45) is 7.88. The van der Waals surface area contributed by atoms with E-state index in [-0.39, 0.29) is 24.2 Å². The number of rotatable bonds is 6. The molecule has 0 atom stereocenters. The van der Waals surface area contributed by atoms with E-state index >= 15 is 0 Å². The third-order valence-corrected chi connectivity index (χ3v) is 6.39. The number of hydrogen-bond acceptors (Lipinski definition) is 7. The van der Waals surface area contributed by atoms with Crippen LogP contribution in [0.4, 0.5) is 4.79 Å². The number of pyridine rings is 1. The van der Waals surface area contributed by atoms with Gasteiger partial charge in [-0.1, -0.05) is 20.3 Å². The lowest BCUT2D eigenvalue weighted by atomic mass is 9.84. The number of aryl methyl sites for hydroxylation is 1. The lowest BCUT2D eigenvalue weighted by molar-refractivity contribution is 0.0689. The van der Waals surface area contributed by atoms with Crippen molar-refractivity contribution in [3.8, 4) is 5.75 Å². The standard InChI is InChI=1S/C24H39N5O3/c1-17-21(32-18-9-6-5-7-10-18)12-11-19(27-17)22(25)20(28(4)26)15-31-23(30)29-14-8-13-24(2,3)16-29/h11-12,18H,5-10,13-16,25-26H2,1-4H3/b22-20-. The second-order valence-corrected chi connectivity index (χ2v) is 9.87. The zero-order valence-corrected chi connectivity index (χ0v) is 20.0. The second kappa shape index (κ2) is 10.4. The normalized spacial score (nSPS) is 19.8. The van der Waals surface area contributed by atoms with Crippen molar-refractivity contribution < 1.29 is 14.3 Å². The Labute approximate surface area is 191 Å². The fourth-order valence-corrected chi connectivity index (χ4v) is 4.50. The summed E-state index contributed by atoms with van der Waals surface area (Å²) in [5.41, 5.74) is 8.75. The number of piperidine rings is 1. The van der Waals surface area contributed by atoms with Gasteiger partial charge in [-0.05, 0) is 63.0 Å². The molecule has 0 radical (unpaired) electrons. The molecule has 1 aromatic heterocycles. The highest BCUT2D eigenvalue weighted by Gasteiger charge is 2.30. The number of hydrogen-bond donors (Lipinski definition) is 2. The number of amides is 1. The van der Waals surface area contributed by atoms with Crippen LogP contribution in [0.1, 0.15) is 70.2 Å². The molecule has 1 aliphatic carbocycles. The number of nitrogens with two attached hydrogens (primary N) is 2. The molecule has 1 aliphatic heterocycles. The number of likely N-dealkylation sites (N-methyl/N-ethyl adjacent to an activating group) is 1. The molecule has 0 bridgehead atoms. The first-order valence-corrected chi connectivity index (χ1v) is 11.7. The molecule has 2 fully saturated rings. The number of aromatic nitrogens is 1. The number of hydrazine groups is 1. The number of nitrogens with zero attached hydrogens (tertiary/aromatic N) is 3.